The third-order valence-corrected chi connectivity index (χ3v) is 3.49. The minimum Gasteiger partial charge on any atom is -0.309 e. The standard InChI is InChI=1S/C17H18F3N/c1-3-5-11-6-4-7-12(10-11)17(21-2)13-8-9-14(18)16(20)15(13)19/h4,6-10,17,21H,3,5H2,1-2H3. The fraction of sp³-hybridized carbons (Fsp3) is 0.294. The number of nitrogens with one attached hydrogen (secondary N) is 1. The maximum atomic E-state index is 14.0. The second-order valence-electron chi connectivity index (χ2n) is 4.98. The van der Waals surface area contributed by atoms with E-state index in [1.165, 1.54) is 6.07 Å². The van der Waals surface area contributed by atoms with Crippen LogP contribution in [0.4, 0.5) is 13.2 Å². The highest BCUT2D eigenvalue weighted by atomic mass is 19.2. The summed E-state index contributed by atoms with van der Waals surface area (Å²) in [7, 11) is 1.66. The van der Waals surface area contributed by atoms with Crippen LogP contribution in [0.2, 0.25) is 0 Å². The number of hydrogen-bond donors (Lipinski definition) is 1. The van der Waals surface area contributed by atoms with E-state index in [4.69, 9.17) is 0 Å². The molecule has 0 aliphatic heterocycles. The number of halogens is 3. The molecule has 0 fully saturated rings. The van der Waals surface area contributed by atoms with Gasteiger partial charge < -0.3 is 5.32 Å². The molecule has 4 heteroatoms. The fourth-order valence-corrected chi connectivity index (χ4v) is 2.48. The Morgan fingerprint density at radius 1 is 1.05 bits per heavy atom. The van der Waals surface area contributed by atoms with E-state index in [0.717, 1.165) is 30.0 Å². The highest BCUT2D eigenvalue weighted by molar-refractivity contribution is 5.35. The van der Waals surface area contributed by atoms with Crippen molar-refractivity contribution in [1.29, 1.82) is 0 Å². The van der Waals surface area contributed by atoms with Crippen LogP contribution >= 0.6 is 0 Å². The fourth-order valence-electron chi connectivity index (χ4n) is 2.48. The maximum Gasteiger partial charge on any atom is 0.194 e. The first-order valence-corrected chi connectivity index (χ1v) is 6.98. The van der Waals surface area contributed by atoms with Crippen molar-refractivity contribution < 1.29 is 13.2 Å². The minimum absolute atomic E-state index is 0.102. The Hall–Kier alpha value is -1.81. The molecule has 0 saturated carbocycles. The Morgan fingerprint density at radius 3 is 2.48 bits per heavy atom. The van der Waals surface area contributed by atoms with E-state index in [0.29, 0.717) is 0 Å². The Kier molecular flexibility index (Phi) is 5.02. The van der Waals surface area contributed by atoms with Gasteiger partial charge in [-0.05, 0) is 30.7 Å². The molecule has 1 atom stereocenters. The Balaban J connectivity index is 2.44. The predicted molar refractivity (Wildman–Crippen MR) is 77.7 cm³/mol. The first kappa shape index (κ1) is 15.6. The van der Waals surface area contributed by atoms with Gasteiger partial charge in [0.15, 0.2) is 17.5 Å². The van der Waals surface area contributed by atoms with Gasteiger partial charge in [0.05, 0.1) is 6.04 Å². The second kappa shape index (κ2) is 6.76. The number of hydrogen-bond acceptors (Lipinski definition) is 1. The molecule has 21 heavy (non-hydrogen) atoms. The van der Waals surface area contributed by atoms with Crippen molar-refractivity contribution in [2.24, 2.45) is 0 Å². The summed E-state index contributed by atoms with van der Waals surface area (Å²) in [5.74, 6) is -3.75. The lowest BCUT2D eigenvalue weighted by atomic mass is 9.95. The van der Waals surface area contributed by atoms with Gasteiger partial charge in [0.1, 0.15) is 0 Å². The molecule has 1 unspecified atom stereocenters. The topological polar surface area (TPSA) is 12.0 Å². The third kappa shape index (κ3) is 3.27. The van der Waals surface area contributed by atoms with Crippen molar-refractivity contribution in [2.75, 3.05) is 7.05 Å². The summed E-state index contributed by atoms with van der Waals surface area (Å²) in [6.45, 7) is 2.08. The summed E-state index contributed by atoms with van der Waals surface area (Å²) < 4.78 is 40.5. The Morgan fingerprint density at radius 2 is 1.81 bits per heavy atom. The first-order valence-electron chi connectivity index (χ1n) is 6.98. The highest BCUT2D eigenvalue weighted by Crippen LogP contribution is 2.27. The van der Waals surface area contributed by atoms with Crippen molar-refractivity contribution in [3.05, 3.63) is 70.5 Å². The molecule has 0 aromatic heterocycles. The molecule has 2 rings (SSSR count). The number of benzene rings is 2. The van der Waals surface area contributed by atoms with E-state index in [2.05, 4.69) is 12.2 Å². The molecule has 0 amide bonds. The van der Waals surface area contributed by atoms with E-state index >= 15 is 0 Å². The van der Waals surface area contributed by atoms with Gasteiger partial charge in [-0.1, -0.05) is 43.7 Å². The summed E-state index contributed by atoms with van der Waals surface area (Å²) >= 11 is 0. The predicted octanol–water partition coefficient (Wildman–Crippen LogP) is 4.37. The van der Waals surface area contributed by atoms with Crippen molar-refractivity contribution in [3.63, 3.8) is 0 Å². The van der Waals surface area contributed by atoms with Crippen LogP contribution in [0.25, 0.3) is 0 Å². The molecule has 1 nitrogen and oxygen atoms in total. The Bertz CT molecular complexity index is 625. The van der Waals surface area contributed by atoms with E-state index in [-0.39, 0.29) is 5.56 Å². The molecule has 2 aromatic carbocycles. The molecule has 0 aliphatic carbocycles. The SMILES string of the molecule is CCCc1cccc(C(NC)c2ccc(F)c(F)c2F)c1. The number of rotatable bonds is 5. The van der Waals surface area contributed by atoms with Crippen molar-refractivity contribution in [1.82, 2.24) is 5.32 Å². The molecule has 112 valence electrons. The van der Waals surface area contributed by atoms with Gasteiger partial charge in [0, 0.05) is 5.56 Å². The maximum absolute atomic E-state index is 14.0. The number of aryl methyl sites for hydroxylation is 1. The molecule has 0 heterocycles. The first-order chi connectivity index (χ1) is 10.1. The van der Waals surface area contributed by atoms with Crippen LogP contribution in [0.3, 0.4) is 0 Å². The van der Waals surface area contributed by atoms with Crippen LogP contribution in [-0.4, -0.2) is 7.05 Å². The molecule has 0 spiro atoms. The lowest BCUT2D eigenvalue weighted by molar-refractivity contribution is 0.435. The van der Waals surface area contributed by atoms with E-state index in [9.17, 15) is 13.2 Å². The van der Waals surface area contributed by atoms with Crippen molar-refractivity contribution >= 4 is 0 Å². The van der Waals surface area contributed by atoms with Crippen LogP contribution in [0.5, 0.6) is 0 Å². The monoisotopic (exact) mass is 293 g/mol. The van der Waals surface area contributed by atoms with Gasteiger partial charge in [-0.3, -0.25) is 0 Å². The van der Waals surface area contributed by atoms with E-state index in [1.54, 1.807) is 7.05 Å². The summed E-state index contributed by atoms with van der Waals surface area (Å²) in [6.07, 6.45) is 1.93. The molecule has 0 bridgehead atoms. The molecule has 0 saturated heterocycles. The minimum atomic E-state index is -1.43. The average molecular weight is 293 g/mol. The molecule has 0 aliphatic rings. The Labute approximate surface area is 122 Å². The van der Waals surface area contributed by atoms with Crippen LogP contribution in [0, 0.1) is 17.5 Å². The van der Waals surface area contributed by atoms with Crippen molar-refractivity contribution in [3.8, 4) is 0 Å². The zero-order valence-electron chi connectivity index (χ0n) is 12.1. The lowest BCUT2D eigenvalue weighted by Gasteiger charge is -2.19. The largest absolute Gasteiger partial charge is 0.309 e. The smallest absolute Gasteiger partial charge is 0.194 e. The summed E-state index contributed by atoms with van der Waals surface area (Å²) in [5.41, 5.74) is 2.07. The molecule has 1 N–H and O–H groups in total. The van der Waals surface area contributed by atoms with E-state index in [1.807, 2.05) is 24.3 Å². The molecular weight excluding hydrogens is 275 g/mol. The van der Waals surface area contributed by atoms with Crippen LogP contribution in [0.1, 0.15) is 36.1 Å². The third-order valence-electron chi connectivity index (χ3n) is 3.49. The van der Waals surface area contributed by atoms with Gasteiger partial charge in [-0.25, -0.2) is 13.2 Å². The average Bonchev–Trinajstić information content (AvgIpc) is 2.49. The zero-order valence-corrected chi connectivity index (χ0v) is 12.1. The van der Waals surface area contributed by atoms with Gasteiger partial charge in [-0.15, -0.1) is 0 Å². The zero-order chi connectivity index (χ0) is 15.4. The highest BCUT2D eigenvalue weighted by Gasteiger charge is 2.21. The summed E-state index contributed by atoms with van der Waals surface area (Å²) in [5, 5.41) is 2.96. The quantitative estimate of drug-likeness (QED) is 0.807. The van der Waals surface area contributed by atoms with Gasteiger partial charge in [-0.2, -0.15) is 0 Å². The van der Waals surface area contributed by atoms with Crippen LogP contribution < -0.4 is 5.32 Å². The molecule has 2 aromatic rings. The van der Waals surface area contributed by atoms with Crippen LogP contribution in [-0.2, 0) is 6.42 Å². The summed E-state index contributed by atoms with van der Waals surface area (Å²) in [6, 6.07) is 9.42. The van der Waals surface area contributed by atoms with Gasteiger partial charge >= 0.3 is 0 Å². The van der Waals surface area contributed by atoms with Gasteiger partial charge in [0.2, 0.25) is 0 Å². The van der Waals surface area contributed by atoms with Gasteiger partial charge in [0.25, 0.3) is 0 Å². The van der Waals surface area contributed by atoms with E-state index < -0.39 is 23.5 Å². The molecular formula is C17H18F3N. The second-order valence-corrected chi connectivity index (χ2v) is 4.98. The van der Waals surface area contributed by atoms with Crippen LogP contribution in [0.15, 0.2) is 36.4 Å². The normalized spacial score (nSPS) is 12.4. The lowest BCUT2D eigenvalue weighted by Crippen LogP contribution is -2.20. The molecule has 0 radical (unpaired) electrons. The van der Waals surface area contributed by atoms with Crippen molar-refractivity contribution in [2.45, 2.75) is 25.8 Å². The summed E-state index contributed by atoms with van der Waals surface area (Å²) in [4.78, 5) is 0.